The van der Waals surface area contributed by atoms with Gasteiger partial charge in [-0.25, -0.2) is 0 Å². The fourth-order valence-corrected chi connectivity index (χ4v) is 9.01. The minimum Gasteiger partial charge on any atom is -0.462 e. The van der Waals surface area contributed by atoms with Crippen LogP contribution in [0.2, 0.25) is 0 Å². The highest BCUT2D eigenvalue weighted by Gasteiger charge is 2.19. The summed E-state index contributed by atoms with van der Waals surface area (Å²) < 4.78 is 16.9. The van der Waals surface area contributed by atoms with E-state index < -0.39 is 6.10 Å². The van der Waals surface area contributed by atoms with E-state index in [0.717, 1.165) is 135 Å². The van der Waals surface area contributed by atoms with Gasteiger partial charge in [-0.05, 0) is 109 Å². The molecule has 6 nitrogen and oxygen atoms in total. The van der Waals surface area contributed by atoms with Crippen molar-refractivity contribution in [1.29, 1.82) is 0 Å². The molecular formula is C73H122O6. The van der Waals surface area contributed by atoms with Gasteiger partial charge in [0.1, 0.15) is 13.2 Å². The Labute approximate surface area is 488 Å². The zero-order chi connectivity index (χ0) is 57.1. The van der Waals surface area contributed by atoms with Gasteiger partial charge in [0.2, 0.25) is 0 Å². The van der Waals surface area contributed by atoms with E-state index in [-0.39, 0.29) is 31.1 Å². The van der Waals surface area contributed by atoms with E-state index in [0.29, 0.717) is 19.3 Å². The highest BCUT2D eigenvalue weighted by molar-refractivity contribution is 5.71. The molecule has 0 aromatic rings. The molecule has 0 heterocycles. The van der Waals surface area contributed by atoms with Crippen molar-refractivity contribution >= 4 is 17.9 Å². The molecule has 1 atom stereocenters. The topological polar surface area (TPSA) is 78.9 Å². The molecule has 0 aromatic heterocycles. The second-order valence-electron chi connectivity index (χ2n) is 21.6. The summed E-state index contributed by atoms with van der Waals surface area (Å²) in [4.78, 5) is 38.2. The van der Waals surface area contributed by atoms with Crippen LogP contribution in [-0.4, -0.2) is 37.2 Å². The van der Waals surface area contributed by atoms with Crippen LogP contribution in [0.15, 0.2) is 122 Å². The molecule has 0 aliphatic heterocycles. The maximum absolute atomic E-state index is 12.9. The lowest BCUT2D eigenvalue weighted by Crippen LogP contribution is -2.30. The molecule has 0 aliphatic rings. The largest absolute Gasteiger partial charge is 0.462 e. The Bertz CT molecular complexity index is 1640. The Morgan fingerprint density at radius 3 is 0.810 bits per heavy atom. The van der Waals surface area contributed by atoms with Gasteiger partial charge in [-0.3, -0.25) is 14.4 Å². The summed E-state index contributed by atoms with van der Waals surface area (Å²) in [5, 5.41) is 0. The summed E-state index contributed by atoms with van der Waals surface area (Å²) in [5.41, 5.74) is 0. The molecule has 79 heavy (non-hydrogen) atoms. The molecule has 0 bridgehead atoms. The number of carbonyl (C=O) groups is 3. The molecule has 0 spiro atoms. The Morgan fingerprint density at radius 1 is 0.266 bits per heavy atom. The first-order chi connectivity index (χ1) is 39.0. The van der Waals surface area contributed by atoms with E-state index >= 15 is 0 Å². The number of carbonyl (C=O) groups excluding carboxylic acids is 3. The molecule has 0 N–H and O–H groups in total. The van der Waals surface area contributed by atoms with Crippen molar-refractivity contribution < 1.29 is 28.6 Å². The van der Waals surface area contributed by atoms with Gasteiger partial charge >= 0.3 is 17.9 Å². The van der Waals surface area contributed by atoms with Crippen LogP contribution >= 0.6 is 0 Å². The summed E-state index contributed by atoms with van der Waals surface area (Å²) in [6.45, 7) is 6.48. The molecule has 0 rings (SSSR count). The van der Waals surface area contributed by atoms with Crippen LogP contribution in [0.3, 0.4) is 0 Å². The van der Waals surface area contributed by atoms with Gasteiger partial charge in [-0.1, -0.05) is 296 Å². The zero-order valence-electron chi connectivity index (χ0n) is 51.6. The molecule has 0 radical (unpaired) electrons. The highest BCUT2D eigenvalue weighted by Crippen LogP contribution is 2.16. The third-order valence-corrected chi connectivity index (χ3v) is 14.0. The minimum absolute atomic E-state index is 0.0830. The normalized spacial score (nSPS) is 12.9. The predicted octanol–water partition coefficient (Wildman–Crippen LogP) is 22.8. The van der Waals surface area contributed by atoms with Crippen LogP contribution in [0, 0.1) is 0 Å². The summed E-state index contributed by atoms with van der Waals surface area (Å²) in [6, 6.07) is 0. The van der Waals surface area contributed by atoms with Crippen LogP contribution in [0.1, 0.15) is 303 Å². The first-order valence-electron chi connectivity index (χ1n) is 33.0. The zero-order valence-corrected chi connectivity index (χ0v) is 51.6. The van der Waals surface area contributed by atoms with E-state index in [1.807, 2.05) is 0 Å². The van der Waals surface area contributed by atoms with Gasteiger partial charge < -0.3 is 14.2 Å². The quantitative estimate of drug-likeness (QED) is 0.0261. The maximum atomic E-state index is 12.9. The third kappa shape index (κ3) is 64.5. The van der Waals surface area contributed by atoms with Crippen LogP contribution < -0.4 is 0 Å². The molecule has 0 saturated heterocycles. The van der Waals surface area contributed by atoms with Crippen molar-refractivity contribution in [3.8, 4) is 0 Å². The van der Waals surface area contributed by atoms with E-state index in [1.165, 1.54) is 128 Å². The predicted molar refractivity (Wildman–Crippen MR) is 343 cm³/mol. The van der Waals surface area contributed by atoms with Crippen molar-refractivity contribution in [2.45, 2.75) is 309 Å². The van der Waals surface area contributed by atoms with Gasteiger partial charge in [-0.15, -0.1) is 0 Å². The lowest BCUT2D eigenvalue weighted by Gasteiger charge is -2.18. The SMILES string of the molecule is CC/C=C\C/C=C\C/C=C\C/C=C\C/C=C\C/C=C\C/C=C\C/C=C\CCCCCCCCCCCCC(=O)OCC(COC(=O)CCCCCCCCCCCCCC)OC(=O)CCCCCCC/C=C\C/C=C\CCCC. The molecule has 6 heteroatoms. The molecule has 0 saturated carbocycles. The fraction of sp³-hybridized carbons (Fsp3) is 0.685. The van der Waals surface area contributed by atoms with Gasteiger partial charge in [-0.2, -0.15) is 0 Å². The Morgan fingerprint density at radius 2 is 0.506 bits per heavy atom. The summed E-state index contributed by atoms with van der Waals surface area (Å²) in [5.74, 6) is -0.896. The van der Waals surface area contributed by atoms with Crippen molar-refractivity contribution in [2.24, 2.45) is 0 Å². The number of ether oxygens (including phenoxy) is 3. The van der Waals surface area contributed by atoms with Crippen LogP contribution in [-0.2, 0) is 28.6 Å². The first-order valence-corrected chi connectivity index (χ1v) is 33.0. The van der Waals surface area contributed by atoms with Crippen molar-refractivity contribution in [3.05, 3.63) is 122 Å². The Kier molecular flexibility index (Phi) is 62.8. The molecular weight excluding hydrogens is 973 g/mol. The van der Waals surface area contributed by atoms with Gasteiger partial charge in [0.25, 0.3) is 0 Å². The van der Waals surface area contributed by atoms with Crippen molar-refractivity contribution in [3.63, 3.8) is 0 Å². The van der Waals surface area contributed by atoms with E-state index in [1.54, 1.807) is 0 Å². The number of unbranched alkanes of at least 4 members (excludes halogenated alkanes) is 28. The smallest absolute Gasteiger partial charge is 0.306 e. The number of hydrogen-bond donors (Lipinski definition) is 0. The molecule has 1 unspecified atom stereocenters. The third-order valence-electron chi connectivity index (χ3n) is 14.0. The summed E-state index contributed by atoms with van der Waals surface area (Å²) in [7, 11) is 0. The highest BCUT2D eigenvalue weighted by atomic mass is 16.6. The van der Waals surface area contributed by atoms with Crippen LogP contribution in [0.4, 0.5) is 0 Å². The average molecular weight is 1100 g/mol. The summed E-state index contributed by atoms with van der Waals surface area (Å²) >= 11 is 0. The van der Waals surface area contributed by atoms with Gasteiger partial charge in [0, 0.05) is 19.3 Å². The lowest BCUT2D eigenvalue weighted by atomic mass is 10.0. The molecule has 0 amide bonds. The maximum Gasteiger partial charge on any atom is 0.306 e. The number of esters is 3. The van der Waals surface area contributed by atoms with E-state index in [4.69, 9.17) is 14.2 Å². The lowest BCUT2D eigenvalue weighted by molar-refractivity contribution is -0.167. The van der Waals surface area contributed by atoms with E-state index in [2.05, 4.69) is 142 Å². The number of allylic oxidation sites excluding steroid dienone is 20. The molecule has 450 valence electrons. The Balaban J connectivity index is 4.19. The first kappa shape index (κ1) is 74.8. The standard InChI is InChI=1S/C73H122O6/c1-4-7-10-13-16-19-22-25-27-28-29-30-31-32-33-34-35-36-37-38-39-40-41-42-43-44-45-46-47-49-51-54-57-60-63-66-72(75)78-69-70(68-77-71(74)65-62-59-56-53-50-24-21-18-15-12-9-6-3)79-73(76)67-64-61-58-55-52-48-26-23-20-17-14-11-8-5-2/h7,10,14,16-17,19,23,25-27,29-30,32-33,35-36,38-39,41-42,70H,4-6,8-9,11-13,15,18,20-22,24,28,31,34,37,40,43-69H2,1-3H3/b10-7-,17-14-,19-16-,26-23-,27-25-,30-29-,33-32-,36-35-,39-38-,42-41-. The van der Waals surface area contributed by atoms with Crippen LogP contribution in [0.25, 0.3) is 0 Å². The van der Waals surface area contributed by atoms with E-state index in [9.17, 15) is 14.4 Å². The van der Waals surface area contributed by atoms with Crippen LogP contribution in [0.5, 0.6) is 0 Å². The van der Waals surface area contributed by atoms with Crippen molar-refractivity contribution in [2.75, 3.05) is 13.2 Å². The number of hydrogen-bond acceptors (Lipinski definition) is 6. The molecule has 0 aromatic carbocycles. The average Bonchev–Trinajstić information content (AvgIpc) is 3.45. The van der Waals surface area contributed by atoms with Gasteiger partial charge in [0.05, 0.1) is 0 Å². The van der Waals surface area contributed by atoms with Crippen molar-refractivity contribution in [1.82, 2.24) is 0 Å². The fourth-order valence-electron chi connectivity index (χ4n) is 9.01. The number of rotatable bonds is 59. The molecule has 0 aliphatic carbocycles. The monoisotopic (exact) mass is 1090 g/mol. The minimum atomic E-state index is -0.787. The second kappa shape index (κ2) is 66.3. The van der Waals surface area contributed by atoms with Gasteiger partial charge in [0.15, 0.2) is 6.10 Å². The Hall–Kier alpha value is -4.19. The molecule has 0 fully saturated rings. The second-order valence-corrected chi connectivity index (χ2v) is 21.6. The summed E-state index contributed by atoms with van der Waals surface area (Å²) in [6.07, 6.45) is 92.1.